The highest BCUT2D eigenvalue weighted by Crippen LogP contribution is 2.31. The summed E-state index contributed by atoms with van der Waals surface area (Å²) in [7, 11) is 0. The van der Waals surface area contributed by atoms with Gasteiger partial charge in [0.05, 0.1) is 0 Å². The second-order valence-corrected chi connectivity index (χ2v) is 6.53. The summed E-state index contributed by atoms with van der Waals surface area (Å²) in [4.78, 5) is 14.6. The van der Waals surface area contributed by atoms with Crippen molar-refractivity contribution in [2.45, 2.75) is 72.1 Å². The minimum absolute atomic E-state index is 0.288. The number of nitrogens with one attached hydrogen (secondary N) is 1. The molecule has 3 nitrogen and oxygen atoms in total. The van der Waals surface area contributed by atoms with Gasteiger partial charge < -0.3 is 10.2 Å². The maximum atomic E-state index is 12.2. The number of hydrogen-bond acceptors (Lipinski definition) is 2. The molecule has 0 spiro atoms. The summed E-state index contributed by atoms with van der Waals surface area (Å²) in [5.41, 5.74) is 0. The third-order valence-corrected chi connectivity index (χ3v) is 5.03. The van der Waals surface area contributed by atoms with Crippen LogP contribution < -0.4 is 5.32 Å². The molecule has 1 rings (SSSR count). The topological polar surface area (TPSA) is 32.3 Å². The van der Waals surface area contributed by atoms with Gasteiger partial charge in [0.1, 0.15) is 0 Å². The zero-order valence-electron chi connectivity index (χ0n) is 14.5. The van der Waals surface area contributed by atoms with Gasteiger partial charge in [0.25, 0.3) is 0 Å². The van der Waals surface area contributed by atoms with Gasteiger partial charge in [-0.05, 0) is 57.7 Å². The van der Waals surface area contributed by atoms with E-state index in [2.05, 4.69) is 31.0 Å². The van der Waals surface area contributed by atoms with Crippen molar-refractivity contribution >= 4 is 5.91 Å². The van der Waals surface area contributed by atoms with Crippen molar-refractivity contribution < 1.29 is 4.79 Å². The van der Waals surface area contributed by atoms with Crippen LogP contribution in [0.25, 0.3) is 0 Å². The molecule has 21 heavy (non-hydrogen) atoms. The fourth-order valence-electron chi connectivity index (χ4n) is 3.40. The van der Waals surface area contributed by atoms with Gasteiger partial charge in [-0.3, -0.25) is 4.79 Å². The third-order valence-electron chi connectivity index (χ3n) is 5.03. The Bertz CT molecular complexity index is 268. The molecule has 3 heteroatoms. The van der Waals surface area contributed by atoms with Crippen molar-refractivity contribution in [3.05, 3.63) is 0 Å². The van der Waals surface area contributed by atoms with Crippen molar-refractivity contribution in [2.24, 2.45) is 11.8 Å². The molecule has 124 valence electrons. The van der Waals surface area contributed by atoms with Crippen LogP contribution in [0, 0.1) is 11.8 Å². The summed E-state index contributed by atoms with van der Waals surface area (Å²) in [5.74, 6) is 1.48. The van der Waals surface area contributed by atoms with Gasteiger partial charge in [-0.1, -0.05) is 40.0 Å². The first-order valence-corrected chi connectivity index (χ1v) is 9.21. The van der Waals surface area contributed by atoms with E-state index in [1.165, 1.54) is 32.1 Å². The third kappa shape index (κ3) is 7.30. The average molecular weight is 296 g/mol. The number of carbonyl (C=O) groups is 1. The second kappa shape index (κ2) is 11.1. The van der Waals surface area contributed by atoms with Crippen LogP contribution in [0.2, 0.25) is 0 Å². The van der Waals surface area contributed by atoms with Gasteiger partial charge in [-0.25, -0.2) is 0 Å². The highest BCUT2D eigenvalue weighted by atomic mass is 16.1. The number of amides is 1. The molecule has 1 saturated carbocycles. The monoisotopic (exact) mass is 296 g/mol. The standard InChI is InChI=1S/C18H36N2O/c1-4-7-9-16-10-12-17(13-11-16)18(21)19-14-8-15-20(5-2)6-3/h16-17H,4-15H2,1-3H3,(H,19,21). The summed E-state index contributed by atoms with van der Waals surface area (Å²) in [6, 6.07) is 0. The number of nitrogens with zero attached hydrogens (tertiary/aromatic N) is 1. The van der Waals surface area contributed by atoms with Crippen LogP contribution in [0.3, 0.4) is 0 Å². The number of hydrogen-bond donors (Lipinski definition) is 1. The van der Waals surface area contributed by atoms with Crippen LogP contribution in [0.1, 0.15) is 72.1 Å². The second-order valence-electron chi connectivity index (χ2n) is 6.53. The molecular formula is C18H36N2O. The van der Waals surface area contributed by atoms with E-state index in [0.717, 1.165) is 51.4 Å². The quantitative estimate of drug-likeness (QED) is 0.621. The average Bonchev–Trinajstić information content (AvgIpc) is 2.53. The first-order chi connectivity index (χ1) is 10.2. The largest absolute Gasteiger partial charge is 0.356 e. The molecule has 0 atom stereocenters. The highest BCUT2D eigenvalue weighted by molar-refractivity contribution is 5.78. The predicted molar refractivity (Wildman–Crippen MR) is 90.4 cm³/mol. The molecule has 0 unspecified atom stereocenters. The minimum Gasteiger partial charge on any atom is -0.356 e. The Labute approximate surface area is 131 Å². The van der Waals surface area contributed by atoms with E-state index in [0.29, 0.717) is 5.91 Å². The Morgan fingerprint density at radius 1 is 1.05 bits per heavy atom. The maximum absolute atomic E-state index is 12.2. The summed E-state index contributed by atoms with van der Waals surface area (Å²) in [6.45, 7) is 10.8. The van der Waals surface area contributed by atoms with Gasteiger partial charge in [0.15, 0.2) is 0 Å². The molecule has 0 radical (unpaired) electrons. The van der Waals surface area contributed by atoms with Gasteiger partial charge in [-0.2, -0.15) is 0 Å². The van der Waals surface area contributed by atoms with Crippen molar-refractivity contribution in [2.75, 3.05) is 26.2 Å². The van der Waals surface area contributed by atoms with Crippen molar-refractivity contribution in [1.82, 2.24) is 10.2 Å². The lowest BCUT2D eigenvalue weighted by atomic mass is 9.79. The van der Waals surface area contributed by atoms with Crippen LogP contribution >= 0.6 is 0 Å². The maximum Gasteiger partial charge on any atom is 0.223 e. The lowest BCUT2D eigenvalue weighted by molar-refractivity contribution is -0.126. The summed E-state index contributed by atoms with van der Waals surface area (Å²) < 4.78 is 0. The first-order valence-electron chi connectivity index (χ1n) is 9.21. The summed E-state index contributed by atoms with van der Waals surface area (Å²) in [6.07, 6.45) is 9.83. The zero-order chi connectivity index (χ0) is 15.5. The van der Waals surface area contributed by atoms with Gasteiger partial charge in [0, 0.05) is 12.5 Å². The van der Waals surface area contributed by atoms with Crippen LogP contribution in [0.5, 0.6) is 0 Å². The van der Waals surface area contributed by atoms with Crippen LogP contribution in [-0.4, -0.2) is 37.0 Å². The molecule has 0 saturated heterocycles. The van der Waals surface area contributed by atoms with E-state index in [4.69, 9.17) is 0 Å². The molecule has 0 aromatic carbocycles. The number of rotatable bonds is 10. The Hall–Kier alpha value is -0.570. The number of unbranched alkanes of at least 4 members (excludes halogenated alkanes) is 1. The Morgan fingerprint density at radius 2 is 1.71 bits per heavy atom. The minimum atomic E-state index is 0.288. The van der Waals surface area contributed by atoms with E-state index >= 15 is 0 Å². The van der Waals surface area contributed by atoms with E-state index in [9.17, 15) is 4.79 Å². The number of carbonyl (C=O) groups excluding carboxylic acids is 1. The van der Waals surface area contributed by atoms with Crippen LogP contribution in [0.4, 0.5) is 0 Å². The molecule has 1 fully saturated rings. The van der Waals surface area contributed by atoms with E-state index in [1.54, 1.807) is 0 Å². The lowest BCUT2D eigenvalue weighted by Gasteiger charge is -2.27. The molecule has 0 bridgehead atoms. The fraction of sp³-hybridized carbons (Fsp3) is 0.944. The van der Waals surface area contributed by atoms with Crippen LogP contribution in [-0.2, 0) is 4.79 Å². The summed E-state index contributed by atoms with van der Waals surface area (Å²) >= 11 is 0. The smallest absolute Gasteiger partial charge is 0.223 e. The molecule has 1 amide bonds. The molecular weight excluding hydrogens is 260 g/mol. The van der Waals surface area contributed by atoms with Crippen LogP contribution in [0.15, 0.2) is 0 Å². The molecule has 1 aliphatic rings. The molecule has 1 aliphatic carbocycles. The fourth-order valence-corrected chi connectivity index (χ4v) is 3.40. The van der Waals surface area contributed by atoms with E-state index in [-0.39, 0.29) is 5.92 Å². The van der Waals surface area contributed by atoms with Gasteiger partial charge in [-0.15, -0.1) is 0 Å². The highest BCUT2D eigenvalue weighted by Gasteiger charge is 2.25. The SMILES string of the molecule is CCCCC1CCC(C(=O)NCCCN(CC)CC)CC1. The predicted octanol–water partition coefficient (Wildman–Crippen LogP) is 3.83. The van der Waals surface area contributed by atoms with E-state index in [1.807, 2.05) is 0 Å². The van der Waals surface area contributed by atoms with Crippen molar-refractivity contribution in [3.8, 4) is 0 Å². The molecule has 0 aromatic rings. The molecule has 0 heterocycles. The van der Waals surface area contributed by atoms with E-state index < -0.39 is 0 Å². The van der Waals surface area contributed by atoms with Crippen molar-refractivity contribution in [1.29, 1.82) is 0 Å². The Balaban J connectivity index is 2.11. The normalized spacial score (nSPS) is 22.5. The van der Waals surface area contributed by atoms with Gasteiger partial charge >= 0.3 is 0 Å². The lowest BCUT2D eigenvalue weighted by Crippen LogP contribution is -2.35. The van der Waals surface area contributed by atoms with Crippen molar-refractivity contribution in [3.63, 3.8) is 0 Å². The van der Waals surface area contributed by atoms with Gasteiger partial charge in [0.2, 0.25) is 5.91 Å². The first kappa shape index (κ1) is 18.5. The molecule has 0 aliphatic heterocycles. The Kier molecular flexibility index (Phi) is 9.73. The Morgan fingerprint density at radius 3 is 2.29 bits per heavy atom. The zero-order valence-corrected chi connectivity index (χ0v) is 14.5. The molecule has 1 N–H and O–H groups in total. The molecule has 0 aromatic heterocycles. The summed E-state index contributed by atoms with van der Waals surface area (Å²) in [5, 5.41) is 3.15.